The van der Waals surface area contributed by atoms with E-state index in [1.54, 1.807) is 60.8 Å². The number of carboxylic acids is 1. The molecular weight excluding hydrogens is 1570 g/mol. The lowest BCUT2D eigenvalue weighted by Crippen LogP contribution is -2.97. The van der Waals surface area contributed by atoms with Crippen LogP contribution in [0, 0.1) is 3.57 Å². The van der Waals surface area contributed by atoms with Gasteiger partial charge in [0.2, 0.25) is 41.2 Å². The Hall–Kier alpha value is -6.57. The number of nitrogens with one attached hydrogen (secondary N) is 8. The van der Waals surface area contributed by atoms with Gasteiger partial charge in [-0.3, -0.25) is 33.6 Å². The van der Waals surface area contributed by atoms with E-state index in [0.29, 0.717) is 44.1 Å². The number of aromatic amines is 1. The summed E-state index contributed by atoms with van der Waals surface area (Å²) < 4.78 is 28.5. The van der Waals surface area contributed by atoms with Gasteiger partial charge in [0, 0.05) is 47.9 Å². The Balaban J connectivity index is 1.12. The third-order valence-corrected chi connectivity index (χ3v) is 21.9. The molecule has 1 aromatic heterocycles. The molecule has 4 aromatic rings. The van der Waals surface area contributed by atoms with Crippen molar-refractivity contribution in [2.75, 3.05) is 44.4 Å². The third-order valence-electron chi connectivity index (χ3n) is 18.6. The number of aliphatic carboxylic acids is 1. The summed E-state index contributed by atoms with van der Waals surface area (Å²) in [5, 5.41) is 171. The van der Waals surface area contributed by atoms with Crippen molar-refractivity contribution in [3.8, 4) is 5.75 Å². The van der Waals surface area contributed by atoms with Crippen LogP contribution < -0.4 is 48.3 Å². The van der Waals surface area contributed by atoms with Gasteiger partial charge >= 0.3 is 5.97 Å². The predicted octanol–water partition coefficient (Wildman–Crippen LogP) is -9.07. The lowest BCUT2D eigenvalue weighted by Gasteiger charge is -2.48. The molecule has 107 heavy (non-hydrogen) atoms. The molecule has 4 fully saturated rings. The van der Waals surface area contributed by atoms with Crippen molar-refractivity contribution < 1.29 is 145 Å². The van der Waals surface area contributed by atoms with Gasteiger partial charge in [-0.25, -0.2) is 4.79 Å². The second-order valence-corrected chi connectivity index (χ2v) is 30.3. The van der Waals surface area contributed by atoms with Crippen LogP contribution in [0.2, 0.25) is 0 Å². The number of ether oxygens (including phenoxy) is 5. The number of aliphatic hydroxyl groups is 12. The molecule has 3 aromatic carbocycles. The zero-order valence-electron chi connectivity index (χ0n) is 58.0. The van der Waals surface area contributed by atoms with E-state index >= 15 is 19.2 Å². The zero-order chi connectivity index (χ0) is 78.1. The number of aromatic hydroxyl groups is 1. The number of hydrogen-bond acceptors (Lipinski definition) is 28. The maximum absolute atomic E-state index is 15.4. The minimum Gasteiger partial charge on any atom is -0.507 e. The average molecular weight is 1660 g/mol. The largest absolute Gasteiger partial charge is 0.507 e. The van der Waals surface area contributed by atoms with Crippen molar-refractivity contribution in [2.45, 2.75) is 198 Å². The van der Waals surface area contributed by atoms with Gasteiger partial charge in [0.25, 0.3) is 5.91 Å². The molecule has 0 saturated carbocycles. The Labute approximate surface area is 633 Å². The molecule has 4 aliphatic heterocycles. The fraction of sp³-hybridized carbons (Fsp3) is 0.582. The highest BCUT2D eigenvalue weighted by Crippen LogP contribution is 2.34. The van der Waals surface area contributed by atoms with Crippen LogP contribution in [-0.4, -0.2) is 314 Å². The van der Waals surface area contributed by atoms with E-state index in [9.17, 15) is 90.7 Å². The summed E-state index contributed by atoms with van der Waals surface area (Å²) in [5.41, 5.74) is 5.91. The second-order valence-electron chi connectivity index (χ2n) is 26.6. The van der Waals surface area contributed by atoms with Crippen LogP contribution in [0.3, 0.4) is 0 Å². The van der Waals surface area contributed by atoms with Crippen LogP contribution in [0.15, 0.2) is 79.0 Å². The normalized spacial score (nSPS) is 32.2. The van der Waals surface area contributed by atoms with Gasteiger partial charge in [-0.05, 0) is 90.6 Å². The molecular formula is C67H95IN10O27S2+2. The molecule has 40 heteroatoms. The molecule has 27 N–H and O–H groups in total. The van der Waals surface area contributed by atoms with Crippen LogP contribution >= 0.6 is 44.2 Å². The molecule has 5 heterocycles. The van der Waals surface area contributed by atoms with Gasteiger partial charge in [0.05, 0.1) is 42.1 Å². The van der Waals surface area contributed by atoms with Gasteiger partial charge in [0.15, 0.2) is 24.7 Å². The van der Waals surface area contributed by atoms with E-state index in [-0.39, 0.29) is 37.9 Å². The lowest BCUT2D eigenvalue weighted by atomic mass is 9.94. The Morgan fingerprint density at radius 3 is 1.99 bits per heavy atom. The molecule has 4 saturated heterocycles. The van der Waals surface area contributed by atoms with Gasteiger partial charge in [0.1, 0.15) is 116 Å². The maximum Gasteiger partial charge on any atom is 0.328 e. The first-order chi connectivity index (χ1) is 50.9. The number of hydrogen-bond donors (Lipinski definition) is 24. The number of halogens is 1. The van der Waals surface area contributed by atoms with Crippen molar-refractivity contribution in [3.05, 3.63) is 99.3 Å². The predicted molar refractivity (Wildman–Crippen MR) is 382 cm³/mol. The molecule has 8 rings (SSSR count). The molecule has 4 aliphatic rings. The van der Waals surface area contributed by atoms with Gasteiger partial charge < -0.3 is 148 Å². The third kappa shape index (κ3) is 22.6. The van der Waals surface area contributed by atoms with Gasteiger partial charge in [-0.1, -0.05) is 76.2 Å². The van der Waals surface area contributed by atoms with Crippen molar-refractivity contribution in [3.63, 3.8) is 0 Å². The number of carbonyl (C=O) groups excluding carboxylic acids is 7. The highest BCUT2D eigenvalue weighted by Gasteiger charge is 2.56. The minimum absolute atomic E-state index is 0.0706. The summed E-state index contributed by atoms with van der Waals surface area (Å²) in [7, 11) is 1.60. The van der Waals surface area contributed by atoms with Crippen molar-refractivity contribution in [1.29, 1.82) is 0 Å². The molecule has 37 nitrogen and oxygen atoms in total. The van der Waals surface area contributed by atoms with Crippen LogP contribution in [0.5, 0.6) is 5.75 Å². The van der Waals surface area contributed by atoms with Gasteiger partial charge in [-0.15, -0.1) is 0 Å². The summed E-state index contributed by atoms with van der Waals surface area (Å²) in [4.78, 5) is 119. The fourth-order valence-corrected chi connectivity index (χ4v) is 15.3. The Kier molecular flexibility index (Phi) is 32.1. The van der Waals surface area contributed by atoms with Crippen LogP contribution in [0.4, 0.5) is 0 Å². The first-order valence-electron chi connectivity index (χ1n) is 34.5. The van der Waals surface area contributed by atoms with E-state index < -0.39 is 231 Å². The molecule has 11 unspecified atom stereocenters. The summed E-state index contributed by atoms with van der Waals surface area (Å²) >= 11 is 1.86. The van der Waals surface area contributed by atoms with E-state index in [2.05, 4.69) is 47.9 Å². The number of phenolic OH excluding ortho intramolecular Hbond substituents is 1. The highest BCUT2D eigenvalue weighted by atomic mass is 127. The number of aliphatic hydroxyl groups excluding tert-OH is 11. The molecule has 0 bridgehead atoms. The molecule has 24 atom stereocenters. The standard InChI is InChI=1S/C67H93IN10O27S2/c1-29(81)47-63(97)76-42(62(96)78-48(30(2)82)64(98)99)27-107-106-26-41(61(95)73-39(20-32-15-16-43(83)35(68)18-32)59(93)74-40(21-33-22-70-36-13-7-6-12-34(33)36)60(94)72-37(57(91)77-47)14-8-9-17-69)75-58(92)38(19-31-10-4-3-5-11-31)71-28-67(100)56(90)54(44(84)25-101-67)104-66-53(89)51(87)55(46(24-80)103-66)105-65-52(88)50(86)49(85)45(23-79)102-65/h3-7,10-13,15-16,18,22,29-30,37-42,44-56,65-66,70-71,79-90,100H,8-9,14,17,19-21,23-28,69H2,1-2H3,(H,72,94)(H,73,95)(H,74,93)(H,75,92)(H,76,97)(H,77,91)(H,78,96)(H,98,99)/p+2/t29?,30?,37-,38?,39-,40+,41?,42-,44?,45?,46?,47-,48-,49+,50-,51+,52?,53?,54+,55+,56?,65-,66-,67?/m0/s1. The van der Waals surface area contributed by atoms with E-state index in [1.165, 1.54) is 23.5 Å². The maximum atomic E-state index is 15.4. The Bertz CT molecular complexity index is 3650. The van der Waals surface area contributed by atoms with Gasteiger partial charge in [-0.2, -0.15) is 0 Å². The van der Waals surface area contributed by atoms with Crippen LogP contribution in [0.25, 0.3) is 10.9 Å². The topological polar surface area (TPSA) is 610 Å². The van der Waals surface area contributed by atoms with E-state index in [0.717, 1.165) is 35.4 Å². The second kappa shape index (κ2) is 39.9. The molecule has 0 spiro atoms. The van der Waals surface area contributed by atoms with E-state index in [1.807, 2.05) is 22.6 Å². The summed E-state index contributed by atoms with van der Waals surface area (Å²) in [6, 6.07) is 6.29. The molecule has 592 valence electrons. The number of rotatable bonds is 26. The number of para-hydroxylation sites is 1. The summed E-state index contributed by atoms with van der Waals surface area (Å²) in [6.07, 6.45) is -26.8. The Morgan fingerprint density at radius 1 is 0.720 bits per heavy atom. The highest BCUT2D eigenvalue weighted by molar-refractivity contribution is 14.1. The number of fused-ring (bicyclic) bond motifs is 1. The van der Waals surface area contributed by atoms with Crippen molar-refractivity contribution in [2.24, 2.45) is 0 Å². The molecule has 7 amide bonds. The number of unbranched alkanes of at least 4 members (excludes halogenated alkanes) is 1. The van der Waals surface area contributed by atoms with Crippen LogP contribution in [-0.2, 0) is 81.3 Å². The average Bonchev–Trinajstić information content (AvgIpc) is 1.34. The lowest BCUT2D eigenvalue weighted by molar-refractivity contribution is -0.700. The Morgan fingerprint density at radius 2 is 1.34 bits per heavy atom. The number of nitrogens with two attached hydrogens (primary N) is 1. The number of quaternary nitrogens is 2. The number of phenols is 1. The van der Waals surface area contributed by atoms with Crippen molar-refractivity contribution >= 4 is 102 Å². The number of aromatic nitrogens is 1. The summed E-state index contributed by atoms with van der Waals surface area (Å²) in [6.45, 7) is -0.792. The number of benzene rings is 3. The first-order valence-corrected chi connectivity index (χ1v) is 38.0. The number of carbonyl (C=O) groups is 8. The molecule has 0 aliphatic carbocycles. The summed E-state index contributed by atoms with van der Waals surface area (Å²) in [5.74, 6) is -12.8. The number of H-pyrrole nitrogens is 1. The van der Waals surface area contributed by atoms with E-state index in [4.69, 9.17) is 23.7 Å². The van der Waals surface area contributed by atoms with Crippen LogP contribution in [0.1, 0.15) is 49.8 Å². The molecule has 0 radical (unpaired) electrons. The zero-order valence-corrected chi connectivity index (χ0v) is 61.8. The minimum atomic E-state index is -2.79. The number of amides is 7. The monoisotopic (exact) mass is 1660 g/mol. The smallest absolute Gasteiger partial charge is 0.328 e. The number of carboxylic acid groups (broad SMARTS) is 1. The van der Waals surface area contributed by atoms with Crippen molar-refractivity contribution in [1.82, 2.24) is 42.2 Å². The fourth-order valence-electron chi connectivity index (χ4n) is 12.4. The SMILES string of the molecule is CC(O)[C@H](NC(=O)[C@@H]1CSSCC(NC(=O)C(Cc2ccccc2)[NH2+]CC2(O)OCC(O)[C@@H](O[C@@H]3OC(CO)[C@@H](O[C@@H]4OC(CO)[C@@H](O)[C@H](O)C4O)[C@H](O)C3O)C2O)C(=O)N[C@@H](Cc2ccc(O)c(I)c2)C(=O)N[C@H](Cc2c[nH]c3ccccc23)C(=O)N[C@@H](CCCC[NH3+])C(=O)N[C@@H](C(C)O)C(=O)N1)C(=O)O. The first kappa shape index (κ1) is 86.0. The quantitative estimate of drug-likeness (QED) is 0.0158.